The highest BCUT2D eigenvalue weighted by Gasteiger charge is 2.23. The predicted octanol–water partition coefficient (Wildman–Crippen LogP) is 4.94. The van der Waals surface area contributed by atoms with Crippen molar-refractivity contribution in [2.24, 2.45) is 0 Å². The summed E-state index contributed by atoms with van der Waals surface area (Å²) < 4.78 is 6.38. The second-order valence-corrected chi connectivity index (χ2v) is 8.13. The van der Waals surface area contributed by atoms with Crippen LogP contribution in [0.15, 0.2) is 42.5 Å². The largest absolute Gasteiger partial charge is 0.455 e. The van der Waals surface area contributed by atoms with Gasteiger partial charge < -0.3 is 9.64 Å². The zero-order valence-corrected chi connectivity index (χ0v) is 16.7. The van der Waals surface area contributed by atoms with Crippen LogP contribution in [0.25, 0.3) is 10.2 Å². The summed E-state index contributed by atoms with van der Waals surface area (Å²) in [6, 6.07) is 12.3. The number of nitro benzene ring substituents is 1. The third-order valence-corrected chi connectivity index (χ3v) is 6.03. The van der Waals surface area contributed by atoms with Gasteiger partial charge >= 0.3 is 5.97 Å². The molecular weight excluding hydrogens is 390 g/mol. The number of aromatic nitrogens is 1. The molecule has 1 aliphatic heterocycles. The van der Waals surface area contributed by atoms with Crippen LogP contribution < -0.4 is 4.90 Å². The highest BCUT2D eigenvalue weighted by Crippen LogP contribution is 2.31. The normalized spacial score (nSPS) is 14.6. The van der Waals surface area contributed by atoms with E-state index in [1.807, 2.05) is 29.2 Å². The molecule has 2 aromatic carbocycles. The number of benzene rings is 2. The molecular formula is C21H21N3O4S. The Labute approximate surface area is 172 Å². The molecule has 0 atom stereocenters. The summed E-state index contributed by atoms with van der Waals surface area (Å²) in [6.45, 7) is 1.63. The lowest BCUT2D eigenvalue weighted by atomic mass is 10.1. The number of carbonyl (C=O) groups excluding carboxylic acids is 1. The van der Waals surface area contributed by atoms with E-state index in [0.717, 1.165) is 49.0 Å². The van der Waals surface area contributed by atoms with E-state index in [0.29, 0.717) is 10.7 Å². The van der Waals surface area contributed by atoms with E-state index in [9.17, 15) is 14.9 Å². The lowest BCUT2D eigenvalue weighted by Gasteiger charge is -2.22. The number of esters is 1. The van der Waals surface area contributed by atoms with Gasteiger partial charge in [0, 0.05) is 19.2 Å². The summed E-state index contributed by atoms with van der Waals surface area (Å²) in [5, 5.41) is 12.3. The molecule has 8 heteroatoms. The Hall–Kier alpha value is -3.00. The van der Waals surface area contributed by atoms with Crippen LogP contribution in [-0.4, -0.2) is 29.0 Å². The molecule has 1 saturated heterocycles. The monoisotopic (exact) mass is 411 g/mol. The summed E-state index contributed by atoms with van der Waals surface area (Å²) in [5.74, 6) is -0.588. The molecule has 0 spiro atoms. The molecule has 1 fully saturated rings. The van der Waals surface area contributed by atoms with E-state index >= 15 is 0 Å². The van der Waals surface area contributed by atoms with Crippen molar-refractivity contribution in [1.82, 2.24) is 4.98 Å². The number of thiazole rings is 1. The van der Waals surface area contributed by atoms with Crippen LogP contribution in [-0.2, 0) is 11.3 Å². The molecule has 1 aliphatic rings. The summed E-state index contributed by atoms with van der Waals surface area (Å²) in [7, 11) is 0. The predicted molar refractivity (Wildman–Crippen MR) is 113 cm³/mol. The quantitative estimate of drug-likeness (QED) is 0.336. The smallest absolute Gasteiger partial charge is 0.338 e. The summed E-state index contributed by atoms with van der Waals surface area (Å²) >= 11 is 1.46. The second kappa shape index (κ2) is 8.57. The molecule has 29 heavy (non-hydrogen) atoms. The number of rotatable bonds is 5. The summed E-state index contributed by atoms with van der Waals surface area (Å²) in [5.41, 5.74) is 1.55. The fourth-order valence-electron chi connectivity index (χ4n) is 3.57. The molecule has 3 aromatic rings. The van der Waals surface area contributed by atoms with Crippen molar-refractivity contribution in [3.8, 4) is 0 Å². The van der Waals surface area contributed by atoms with Gasteiger partial charge in [-0.25, -0.2) is 9.78 Å². The van der Waals surface area contributed by atoms with Crippen LogP contribution in [0.5, 0.6) is 0 Å². The molecule has 0 aliphatic carbocycles. The number of nitro groups is 1. The van der Waals surface area contributed by atoms with E-state index in [4.69, 9.17) is 4.74 Å². The van der Waals surface area contributed by atoms with Crippen LogP contribution in [0, 0.1) is 10.1 Å². The Morgan fingerprint density at radius 3 is 2.62 bits per heavy atom. The molecule has 0 bridgehead atoms. The van der Waals surface area contributed by atoms with Crippen molar-refractivity contribution in [2.75, 3.05) is 18.0 Å². The van der Waals surface area contributed by atoms with Crippen LogP contribution in [0.2, 0.25) is 0 Å². The van der Waals surface area contributed by atoms with Crippen molar-refractivity contribution in [2.45, 2.75) is 32.3 Å². The van der Waals surface area contributed by atoms with E-state index in [-0.39, 0.29) is 17.9 Å². The molecule has 2 heterocycles. The highest BCUT2D eigenvalue weighted by atomic mass is 32.1. The zero-order valence-electron chi connectivity index (χ0n) is 15.9. The van der Waals surface area contributed by atoms with Gasteiger partial charge in [-0.2, -0.15) is 0 Å². The number of para-hydroxylation sites is 1. The fraction of sp³-hybridized carbons (Fsp3) is 0.333. The van der Waals surface area contributed by atoms with Crippen molar-refractivity contribution in [3.63, 3.8) is 0 Å². The molecule has 0 radical (unpaired) electrons. The van der Waals surface area contributed by atoms with Gasteiger partial charge in [0.25, 0.3) is 5.69 Å². The van der Waals surface area contributed by atoms with Crippen LogP contribution in [0.1, 0.15) is 41.0 Å². The minimum atomic E-state index is -0.588. The highest BCUT2D eigenvalue weighted by molar-refractivity contribution is 7.18. The van der Waals surface area contributed by atoms with Crippen LogP contribution >= 0.6 is 11.3 Å². The number of carbonyl (C=O) groups is 1. The Bertz CT molecular complexity index is 1010. The number of nitrogens with zero attached hydrogens (tertiary/aromatic N) is 3. The zero-order chi connectivity index (χ0) is 20.2. The number of hydrogen-bond acceptors (Lipinski definition) is 7. The van der Waals surface area contributed by atoms with Gasteiger partial charge in [0.1, 0.15) is 17.3 Å². The third-order valence-electron chi connectivity index (χ3n) is 5.02. The van der Waals surface area contributed by atoms with Crippen LogP contribution in [0.4, 0.5) is 11.4 Å². The van der Waals surface area contributed by atoms with Gasteiger partial charge in [0.2, 0.25) is 0 Å². The average molecular weight is 411 g/mol. The molecule has 0 amide bonds. The standard InChI is InChI=1S/C21H21N3O4S/c25-21(28-14-20-22-16-7-3-4-8-19(16)29-20)15-9-10-17(18(13-15)24(26)27)23-11-5-1-2-6-12-23/h3-4,7-10,13H,1-2,5-6,11-12,14H2. The molecule has 0 N–H and O–H groups in total. The van der Waals surface area contributed by atoms with E-state index in [2.05, 4.69) is 4.98 Å². The topological polar surface area (TPSA) is 85.6 Å². The number of anilines is 1. The molecule has 0 saturated carbocycles. The summed E-state index contributed by atoms with van der Waals surface area (Å²) in [4.78, 5) is 30.1. The van der Waals surface area contributed by atoms with Crippen molar-refractivity contribution in [3.05, 3.63) is 63.1 Å². The first-order chi connectivity index (χ1) is 14.1. The van der Waals surface area contributed by atoms with E-state index in [1.165, 1.54) is 17.4 Å². The molecule has 7 nitrogen and oxygen atoms in total. The third kappa shape index (κ3) is 4.37. The second-order valence-electron chi connectivity index (χ2n) is 7.01. The Kier molecular flexibility index (Phi) is 5.71. The average Bonchev–Trinajstić information content (AvgIpc) is 2.96. The Balaban J connectivity index is 1.50. The fourth-order valence-corrected chi connectivity index (χ4v) is 4.45. The maximum absolute atomic E-state index is 12.5. The maximum atomic E-state index is 12.5. The SMILES string of the molecule is O=C(OCc1nc2ccccc2s1)c1ccc(N2CCCCCC2)c([N+](=O)[O-])c1. The first-order valence-electron chi connectivity index (χ1n) is 9.67. The molecule has 4 rings (SSSR count). The van der Waals surface area contributed by atoms with Gasteiger partial charge in [-0.1, -0.05) is 25.0 Å². The van der Waals surface area contributed by atoms with Gasteiger partial charge in [0.05, 0.1) is 20.7 Å². The minimum Gasteiger partial charge on any atom is -0.455 e. The number of fused-ring (bicyclic) bond motifs is 1. The van der Waals surface area contributed by atoms with Crippen molar-refractivity contribution >= 4 is 38.9 Å². The van der Waals surface area contributed by atoms with E-state index in [1.54, 1.807) is 12.1 Å². The number of hydrogen-bond donors (Lipinski definition) is 0. The lowest BCUT2D eigenvalue weighted by Crippen LogP contribution is -2.24. The number of ether oxygens (including phenoxy) is 1. The van der Waals surface area contributed by atoms with Gasteiger partial charge in [-0.05, 0) is 37.1 Å². The molecule has 0 unspecified atom stereocenters. The molecule has 1 aromatic heterocycles. The first-order valence-corrected chi connectivity index (χ1v) is 10.5. The van der Waals surface area contributed by atoms with Crippen molar-refractivity contribution < 1.29 is 14.5 Å². The minimum absolute atomic E-state index is 0.0415. The van der Waals surface area contributed by atoms with Gasteiger partial charge in [-0.3, -0.25) is 10.1 Å². The van der Waals surface area contributed by atoms with Gasteiger partial charge in [0.15, 0.2) is 0 Å². The molecule has 150 valence electrons. The Morgan fingerprint density at radius 1 is 1.14 bits per heavy atom. The Morgan fingerprint density at radius 2 is 1.90 bits per heavy atom. The van der Waals surface area contributed by atoms with Crippen LogP contribution in [0.3, 0.4) is 0 Å². The lowest BCUT2D eigenvalue weighted by molar-refractivity contribution is -0.384. The van der Waals surface area contributed by atoms with Gasteiger partial charge in [-0.15, -0.1) is 11.3 Å². The first kappa shape index (κ1) is 19.3. The van der Waals surface area contributed by atoms with E-state index < -0.39 is 10.9 Å². The summed E-state index contributed by atoms with van der Waals surface area (Å²) in [6.07, 6.45) is 4.31. The maximum Gasteiger partial charge on any atom is 0.338 e. The van der Waals surface area contributed by atoms with Crippen molar-refractivity contribution in [1.29, 1.82) is 0 Å².